The van der Waals surface area contributed by atoms with Crippen LogP contribution in [-0.2, 0) is 19.1 Å². The van der Waals surface area contributed by atoms with Crippen LogP contribution < -0.4 is 4.90 Å². The van der Waals surface area contributed by atoms with Crippen molar-refractivity contribution in [2.24, 2.45) is 11.8 Å². The summed E-state index contributed by atoms with van der Waals surface area (Å²) in [5.41, 5.74) is -0.0163. The molecule has 0 aromatic heterocycles. The van der Waals surface area contributed by atoms with Gasteiger partial charge in [0.2, 0.25) is 5.91 Å². The smallest absolute Gasteiger partial charge is 0.312 e. The molecule has 4 atom stereocenters. The second-order valence-electron chi connectivity index (χ2n) is 6.47. The maximum Gasteiger partial charge on any atom is 0.312 e. The highest BCUT2D eigenvalue weighted by Gasteiger charge is 2.67. The van der Waals surface area contributed by atoms with Gasteiger partial charge in [0.1, 0.15) is 11.5 Å². The van der Waals surface area contributed by atoms with Crippen LogP contribution in [0.2, 0.25) is 5.02 Å². The van der Waals surface area contributed by atoms with Gasteiger partial charge in [0, 0.05) is 10.7 Å². The fourth-order valence-corrected chi connectivity index (χ4v) is 4.11. The van der Waals surface area contributed by atoms with E-state index in [9.17, 15) is 9.59 Å². The van der Waals surface area contributed by atoms with Crippen LogP contribution in [-0.4, -0.2) is 36.7 Å². The monoisotopic (exact) mass is 347 g/mol. The van der Waals surface area contributed by atoms with Crippen LogP contribution >= 0.6 is 11.6 Å². The summed E-state index contributed by atoms with van der Waals surface area (Å²) in [5.74, 6) is -1.56. The largest absolute Gasteiger partial charge is 0.465 e. The van der Waals surface area contributed by atoms with Gasteiger partial charge >= 0.3 is 5.97 Å². The summed E-state index contributed by atoms with van der Waals surface area (Å²) in [6.07, 6.45) is 4.18. The van der Waals surface area contributed by atoms with Crippen LogP contribution in [0, 0.1) is 11.8 Å². The highest BCUT2D eigenvalue weighted by atomic mass is 35.5. The molecule has 3 aliphatic rings. The van der Waals surface area contributed by atoms with Gasteiger partial charge in [-0.25, -0.2) is 0 Å². The van der Waals surface area contributed by atoms with Gasteiger partial charge < -0.3 is 14.4 Å². The molecule has 0 N–H and O–H groups in total. The molecule has 0 saturated carbocycles. The van der Waals surface area contributed by atoms with E-state index in [-0.39, 0.29) is 18.0 Å². The van der Waals surface area contributed by atoms with E-state index in [1.165, 1.54) is 0 Å². The van der Waals surface area contributed by atoms with Crippen molar-refractivity contribution in [1.82, 2.24) is 0 Å². The van der Waals surface area contributed by atoms with Crippen LogP contribution in [0.15, 0.2) is 36.4 Å². The lowest BCUT2D eigenvalue weighted by molar-refractivity contribution is -0.152. The normalized spacial score (nSPS) is 33.2. The van der Waals surface area contributed by atoms with Gasteiger partial charge in [-0.05, 0) is 24.6 Å². The van der Waals surface area contributed by atoms with Gasteiger partial charge in [0.05, 0.1) is 25.2 Å². The Bertz CT molecular complexity index is 733. The lowest BCUT2D eigenvalue weighted by Crippen LogP contribution is -2.40. The zero-order valence-electron chi connectivity index (χ0n) is 13.3. The van der Waals surface area contributed by atoms with Gasteiger partial charge in [-0.15, -0.1) is 0 Å². The average Bonchev–Trinajstić information content (AvgIpc) is 3.21. The second-order valence-corrected chi connectivity index (χ2v) is 6.91. The Morgan fingerprint density at radius 1 is 1.50 bits per heavy atom. The van der Waals surface area contributed by atoms with E-state index in [4.69, 9.17) is 21.1 Å². The summed E-state index contributed by atoms with van der Waals surface area (Å²) >= 11 is 6.05. The number of esters is 1. The molecule has 0 radical (unpaired) electrons. The van der Waals surface area contributed by atoms with Crippen molar-refractivity contribution in [3.8, 4) is 0 Å². The minimum Gasteiger partial charge on any atom is -0.465 e. The molecule has 1 spiro atoms. The highest BCUT2D eigenvalue weighted by Crippen LogP contribution is 2.52. The molecule has 2 unspecified atom stereocenters. The molecule has 6 heteroatoms. The zero-order chi connectivity index (χ0) is 16.9. The van der Waals surface area contributed by atoms with Crippen LogP contribution in [0.3, 0.4) is 0 Å². The molecule has 1 amide bonds. The van der Waals surface area contributed by atoms with Crippen LogP contribution in [0.5, 0.6) is 0 Å². The maximum atomic E-state index is 13.0. The number of fused-ring (bicyclic) bond motifs is 1. The first-order chi connectivity index (χ1) is 11.6. The predicted molar refractivity (Wildman–Crippen MR) is 88.8 cm³/mol. The number of carbonyl (C=O) groups is 2. The molecule has 5 nitrogen and oxygen atoms in total. The average molecular weight is 348 g/mol. The summed E-state index contributed by atoms with van der Waals surface area (Å²) in [6.45, 7) is 2.69. The molecule has 1 aromatic carbocycles. The number of hydrogen-bond donors (Lipinski definition) is 0. The third kappa shape index (κ3) is 2.19. The molecule has 3 heterocycles. The molecule has 126 valence electrons. The highest BCUT2D eigenvalue weighted by molar-refractivity contribution is 6.31. The van der Waals surface area contributed by atoms with Gasteiger partial charge in [0.25, 0.3) is 0 Å². The van der Waals surface area contributed by atoms with Crippen molar-refractivity contribution in [1.29, 1.82) is 0 Å². The summed E-state index contributed by atoms with van der Waals surface area (Å²) in [7, 11) is 0. The van der Waals surface area contributed by atoms with Crippen LogP contribution in [0.4, 0.5) is 5.69 Å². The van der Waals surface area contributed by atoms with E-state index in [1.54, 1.807) is 23.1 Å². The Morgan fingerprint density at radius 2 is 2.33 bits per heavy atom. The number of nitrogens with zero attached hydrogens (tertiary/aromatic N) is 1. The molecule has 2 fully saturated rings. The third-order valence-electron chi connectivity index (χ3n) is 4.94. The number of carbonyl (C=O) groups excluding carboxylic acids is 2. The Labute approximate surface area is 145 Å². The van der Waals surface area contributed by atoms with Gasteiger partial charge in [-0.3, -0.25) is 9.59 Å². The van der Waals surface area contributed by atoms with Crippen molar-refractivity contribution in [2.75, 3.05) is 18.1 Å². The van der Waals surface area contributed by atoms with E-state index in [1.807, 2.05) is 25.1 Å². The summed E-state index contributed by atoms with van der Waals surface area (Å²) in [4.78, 5) is 27.1. The molecule has 0 aliphatic carbocycles. The first kappa shape index (κ1) is 15.7. The fraction of sp³-hybridized carbons (Fsp3) is 0.444. The number of hydrogen-bond acceptors (Lipinski definition) is 4. The third-order valence-corrected chi connectivity index (χ3v) is 5.18. The number of halogens is 1. The SMILES string of the molecule is CCCOC(=O)C1[C@H]2C=CC3(CN(c4cccc(Cl)c4)C(=O)[C@@H]13)O2. The van der Waals surface area contributed by atoms with E-state index in [0.717, 1.165) is 12.1 Å². The maximum absolute atomic E-state index is 13.0. The number of benzene rings is 1. The molecule has 1 aromatic rings. The van der Waals surface area contributed by atoms with E-state index >= 15 is 0 Å². The van der Waals surface area contributed by atoms with Crippen molar-refractivity contribution in [3.05, 3.63) is 41.4 Å². The Hall–Kier alpha value is -1.85. The Balaban J connectivity index is 1.65. The standard InChI is InChI=1S/C18H18ClNO4/c1-2-8-23-17(22)14-13-6-7-18(24-13)10-20(16(21)15(14)18)12-5-3-4-11(19)9-12/h3-7,9,13-15H,2,8,10H2,1H3/t13-,14?,15-,18?/m1/s1. The molecule has 4 rings (SSSR count). The zero-order valence-corrected chi connectivity index (χ0v) is 14.0. The number of ether oxygens (including phenoxy) is 2. The number of rotatable bonds is 4. The molecule has 2 bridgehead atoms. The molecule has 24 heavy (non-hydrogen) atoms. The van der Waals surface area contributed by atoms with Gasteiger partial charge in [-0.2, -0.15) is 0 Å². The lowest BCUT2D eigenvalue weighted by Gasteiger charge is -2.22. The quantitative estimate of drug-likeness (QED) is 0.620. The Morgan fingerprint density at radius 3 is 3.08 bits per heavy atom. The summed E-state index contributed by atoms with van der Waals surface area (Å²) < 4.78 is 11.3. The summed E-state index contributed by atoms with van der Waals surface area (Å²) in [5, 5.41) is 0.564. The van der Waals surface area contributed by atoms with Gasteiger partial charge in [-0.1, -0.05) is 36.7 Å². The minimum absolute atomic E-state index is 0.109. The van der Waals surface area contributed by atoms with Crippen molar-refractivity contribution >= 4 is 29.2 Å². The predicted octanol–water partition coefficient (Wildman–Crippen LogP) is 2.58. The fourth-order valence-electron chi connectivity index (χ4n) is 3.93. The van der Waals surface area contributed by atoms with Gasteiger partial charge in [0.15, 0.2) is 0 Å². The van der Waals surface area contributed by atoms with Crippen LogP contribution in [0.25, 0.3) is 0 Å². The summed E-state index contributed by atoms with van der Waals surface area (Å²) in [6, 6.07) is 7.15. The molecule has 3 aliphatic heterocycles. The number of amides is 1. The van der Waals surface area contributed by atoms with Crippen LogP contribution in [0.1, 0.15) is 13.3 Å². The van der Waals surface area contributed by atoms with E-state index in [2.05, 4.69) is 0 Å². The lowest BCUT2D eigenvalue weighted by atomic mass is 9.77. The Kier molecular flexibility index (Phi) is 3.66. The molecular formula is C18H18ClNO4. The first-order valence-electron chi connectivity index (χ1n) is 8.16. The van der Waals surface area contributed by atoms with E-state index in [0.29, 0.717) is 18.2 Å². The van der Waals surface area contributed by atoms with E-state index < -0.39 is 17.4 Å². The molecular weight excluding hydrogens is 330 g/mol. The minimum atomic E-state index is -0.736. The first-order valence-corrected chi connectivity index (χ1v) is 8.54. The van der Waals surface area contributed by atoms with Crippen molar-refractivity contribution in [3.63, 3.8) is 0 Å². The second kappa shape index (κ2) is 5.60. The topological polar surface area (TPSA) is 55.8 Å². The van der Waals surface area contributed by atoms with Crippen molar-refractivity contribution in [2.45, 2.75) is 25.0 Å². The van der Waals surface area contributed by atoms with Crippen molar-refractivity contribution < 1.29 is 19.1 Å². The number of anilines is 1. The molecule has 2 saturated heterocycles.